The topological polar surface area (TPSA) is 60.8 Å². The Balaban J connectivity index is 1.81. The first-order valence-corrected chi connectivity index (χ1v) is 10.3. The Morgan fingerprint density at radius 1 is 0.933 bits per heavy atom. The van der Waals surface area contributed by atoms with Crippen LogP contribution in [0.3, 0.4) is 0 Å². The van der Waals surface area contributed by atoms with Gasteiger partial charge < -0.3 is 15.1 Å². The number of ketones is 1. The minimum absolute atomic E-state index is 0.0164. The van der Waals surface area contributed by atoms with Crippen LogP contribution < -0.4 is 4.90 Å². The van der Waals surface area contributed by atoms with Crippen LogP contribution in [0.15, 0.2) is 72.8 Å². The molecule has 0 aliphatic heterocycles. The third-order valence-electron chi connectivity index (χ3n) is 4.90. The summed E-state index contributed by atoms with van der Waals surface area (Å²) in [5, 5.41) is 20.7. The van der Waals surface area contributed by atoms with Crippen LogP contribution in [-0.4, -0.2) is 23.0 Å². The Kier molecular flexibility index (Phi) is 5.29. The molecular weight excluding hydrogens is 394 g/mol. The minimum atomic E-state index is 0.0164. The molecule has 4 nitrogen and oxygen atoms in total. The number of benzene rings is 3. The molecule has 0 saturated heterocycles. The maximum atomic E-state index is 11.2. The molecule has 2 N–H and O–H groups in total. The van der Waals surface area contributed by atoms with E-state index in [9.17, 15) is 15.0 Å². The summed E-state index contributed by atoms with van der Waals surface area (Å²) in [6, 6.07) is 20.5. The lowest BCUT2D eigenvalue weighted by molar-refractivity contribution is -0.112. The van der Waals surface area contributed by atoms with Crippen molar-refractivity contribution < 1.29 is 15.0 Å². The standard InChI is InChI=1S/C25H21NO3S/c1-16(27)3-4-17-5-9-19(10-6-17)26(2)24-22-14-13-21(29)15-23(22)30-25(24)18-7-11-20(28)12-8-18/h3-15,28-29H,1-2H3. The van der Waals surface area contributed by atoms with E-state index in [0.29, 0.717) is 0 Å². The molecule has 0 aliphatic rings. The number of aromatic hydroxyl groups is 2. The highest BCUT2D eigenvalue weighted by Crippen LogP contribution is 2.47. The van der Waals surface area contributed by atoms with Crippen molar-refractivity contribution in [3.8, 4) is 21.9 Å². The molecule has 4 aromatic rings. The van der Waals surface area contributed by atoms with E-state index < -0.39 is 0 Å². The maximum Gasteiger partial charge on any atom is 0.152 e. The van der Waals surface area contributed by atoms with Crippen molar-refractivity contribution in [1.82, 2.24) is 0 Å². The average Bonchev–Trinajstić information content (AvgIpc) is 3.11. The molecule has 0 atom stereocenters. The van der Waals surface area contributed by atoms with Gasteiger partial charge in [-0.1, -0.05) is 18.2 Å². The smallest absolute Gasteiger partial charge is 0.152 e. The number of anilines is 2. The Morgan fingerprint density at radius 2 is 1.60 bits per heavy atom. The third-order valence-corrected chi connectivity index (χ3v) is 6.09. The zero-order chi connectivity index (χ0) is 21.3. The number of allylic oxidation sites excluding steroid dienone is 1. The van der Waals surface area contributed by atoms with Gasteiger partial charge in [0, 0.05) is 22.8 Å². The van der Waals surface area contributed by atoms with Crippen LogP contribution in [0.1, 0.15) is 12.5 Å². The monoisotopic (exact) mass is 415 g/mol. The average molecular weight is 416 g/mol. The lowest BCUT2D eigenvalue weighted by Gasteiger charge is -2.21. The molecule has 4 rings (SSSR count). The van der Waals surface area contributed by atoms with Gasteiger partial charge in [-0.3, -0.25) is 4.79 Å². The molecule has 0 unspecified atom stereocenters. The molecule has 150 valence electrons. The van der Waals surface area contributed by atoms with Gasteiger partial charge >= 0.3 is 0 Å². The highest BCUT2D eigenvalue weighted by Gasteiger charge is 2.19. The van der Waals surface area contributed by atoms with Crippen LogP contribution in [0, 0.1) is 0 Å². The summed E-state index contributed by atoms with van der Waals surface area (Å²) in [6.45, 7) is 1.53. The third kappa shape index (κ3) is 3.93. The van der Waals surface area contributed by atoms with Crippen molar-refractivity contribution in [2.75, 3.05) is 11.9 Å². The van der Waals surface area contributed by atoms with Gasteiger partial charge in [0.1, 0.15) is 11.5 Å². The molecule has 0 saturated carbocycles. The van der Waals surface area contributed by atoms with Crippen LogP contribution in [0.25, 0.3) is 26.6 Å². The van der Waals surface area contributed by atoms with Gasteiger partial charge in [-0.2, -0.15) is 0 Å². The number of thiophene rings is 1. The van der Waals surface area contributed by atoms with Crippen molar-refractivity contribution >= 4 is 44.7 Å². The van der Waals surface area contributed by atoms with Crippen molar-refractivity contribution in [2.45, 2.75) is 6.92 Å². The number of rotatable bonds is 5. The van der Waals surface area contributed by atoms with Crippen LogP contribution in [-0.2, 0) is 4.79 Å². The quantitative estimate of drug-likeness (QED) is 0.373. The normalized spacial score (nSPS) is 11.3. The van der Waals surface area contributed by atoms with Crippen molar-refractivity contribution in [1.29, 1.82) is 0 Å². The first kappa shape index (κ1) is 19.7. The fourth-order valence-electron chi connectivity index (χ4n) is 3.36. The predicted octanol–water partition coefficient (Wildman–Crippen LogP) is 6.35. The van der Waals surface area contributed by atoms with Crippen molar-refractivity contribution in [2.24, 2.45) is 0 Å². The van der Waals surface area contributed by atoms with E-state index in [1.165, 1.54) is 6.92 Å². The van der Waals surface area contributed by atoms with Gasteiger partial charge in [0.25, 0.3) is 0 Å². The van der Waals surface area contributed by atoms with E-state index in [2.05, 4.69) is 4.90 Å². The molecule has 5 heteroatoms. The van der Waals surface area contributed by atoms with Gasteiger partial charge in [-0.05, 0) is 78.7 Å². The molecule has 0 amide bonds. The second-order valence-corrected chi connectivity index (χ2v) is 8.15. The van der Waals surface area contributed by atoms with E-state index in [0.717, 1.165) is 37.5 Å². The number of hydrogen-bond acceptors (Lipinski definition) is 5. The summed E-state index contributed by atoms with van der Waals surface area (Å²) in [5.41, 5.74) is 3.99. The number of hydrogen-bond donors (Lipinski definition) is 2. The Bertz CT molecular complexity index is 1240. The molecular formula is C25H21NO3S. The maximum absolute atomic E-state index is 11.2. The van der Waals surface area contributed by atoms with E-state index >= 15 is 0 Å². The molecule has 0 radical (unpaired) electrons. The zero-order valence-corrected chi connectivity index (χ0v) is 17.5. The molecule has 0 fully saturated rings. The highest BCUT2D eigenvalue weighted by molar-refractivity contribution is 7.23. The molecule has 0 spiro atoms. The summed E-state index contributed by atoms with van der Waals surface area (Å²) in [4.78, 5) is 14.3. The molecule has 1 aromatic heterocycles. The number of fused-ring (bicyclic) bond motifs is 1. The fourth-order valence-corrected chi connectivity index (χ4v) is 4.64. The second kappa shape index (κ2) is 8.05. The van der Waals surface area contributed by atoms with E-state index in [4.69, 9.17) is 0 Å². The van der Waals surface area contributed by atoms with Crippen molar-refractivity contribution in [3.05, 3.63) is 78.4 Å². The molecule has 0 aliphatic carbocycles. The summed E-state index contributed by atoms with van der Waals surface area (Å²) >= 11 is 1.60. The largest absolute Gasteiger partial charge is 0.508 e. The first-order valence-electron chi connectivity index (χ1n) is 9.50. The van der Waals surface area contributed by atoms with E-state index in [1.807, 2.05) is 49.5 Å². The van der Waals surface area contributed by atoms with Gasteiger partial charge in [0.05, 0.1) is 10.6 Å². The molecule has 1 heterocycles. The lowest BCUT2D eigenvalue weighted by Crippen LogP contribution is -2.09. The minimum Gasteiger partial charge on any atom is -0.508 e. The Labute approximate surface area is 179 Å². The van der Waals surface area contributed by atoms with Gasteiger partial charge in [-0.25, -0.2) is 0 Å². The van der Waals surface area contributed by atoms with Gasteiger partial charge in [-0.15, -0.1) is 11.3 Å². The summed E-state index contributed by atoms with van der Waals surface area (Å²) in [7, 11) is 2.01. The Hall–Kier alpha value is -3.57. The zero-order valence-electron chi connectivity index (χ0n) is 16.7. The summed E-state index contributed by atoms with van der Waals surface area (Å²) in [5.74, 6) is 0.473. The number of nitrogens with zero attached hydrogens (tertiary/aromatic N) is 1. The van der Waals surface area contributed by atoms with E-state index in [1.54, 1.807) is 47.8 Å². The van der Waals surface area contributed by atoms with Gasteiger partial charge in [0.2, 0.25) is 0 Å². The summed E-state index contributed by atoms with van der Waals surface area (Å²) < 4.78 is 0.987. The highest BCUT2D eigenvalue weighted by atomic mass is 32.1. The number of carbonyl (C=O) groups is 1. The van der Waals surface area contributed by atoms with Crippen LogP contribution in [0.5, 0.6) is 11.5 Å². The SMILES string of the molecule is CC(=O)C=Cc1ccc(N(C)c2c(-c3ccc(O)cc3)sc3cc(O)ccc23)cc1. The fraction of sp³-hybridized carbons (Fsp3) is 0.0800. The second-order valence-electron chi connectivity index (χ2n) is 7.10. The van der Waals surface area contributed by atoms with Gasteiger partial charge in [0.15, 0.2) is 5.78 Å². The van der Waals surface area contributed by atoms with Crippen LogP contribution in [0.4, 0.5) is 11.4 Å². The van der Waals surface area contributed by atoms with Crippen LogP contribution >= 0.6 is 11.3 Å². The number of phenols is 2. The lowest BCUT2D eigenvalue weighted by atomic mass is 10.1. The van der Waals surface area contributed by atoms with Crippen LogP contribution in [0.2, 0.25) is 0 Å². The molecule has 0 bridgehead atoms. The van der Waals surface area contributed by atoms with Crippen molar-refractivity contribution in [3.63, 3.8) is 0 Å². The predicted molar refractivity (Wildman–Crippen MR) is 125 cm³/mol. The van der Waals surface area contributed by atoms with E-state index in [-0.39, 0.29) is 17.3 Å². The number of carbonyl (C=O) groups excluding carboxylic acids is 1. The molecule has 3 aromatic carbocycles. The Morgan fingerprint density at radius 3 is 2.27 bits per heavy atom. The number of phenolic OH excluding ortho intramolecular Hbond substituents is 2. The first-order chi connectivity index (χ1) is 14.4. The molecule has 30 heavy (non-hydrogen) atoms. The summed E-state index contributed by atoms with van der Waals surface area (Å²) in [6.07, 6.45) is 3.36.